The highest BCUT2D eigenvalue weighted by molar-refractivity contribution is 7.99. The van der Waals surface area contributed by atoms with Crippen molar-refractivity contribution < 1.29 is 9.47 Å². The Labute approximate surface area is 199 Å². The van der Waals surface area contributed by atoms with Crippen LogP contribution in [0.5, 0.6) is 5.75 Å². The number of hydrogen-bond acceptors (Lipinski definition) is 5. The molecule has 5 nitrogen and oxygen atoms in total. The monoisotopic (exact) mass is 471 g/mol. The summed E-state index contributed by atoms with van der Waals surface area (Å²) < 4.78 is 13.3. The first-order chi connectivity index (χ1) is 15.4. The molecule has 2 aromatic carbocycles. The maximum atomic E-state index is 6.46. The molecule has 0 aliphatic carbocycles. The number of nitrogens with zero attached hydrogens (tertiary/aromatic N) is 3. The molecule has 0 N–H and O–H groups in total. The molecule has 2 heterocycles. The fourth-order valence-corrected chi connectivity index (χ4v) is 5.07. The molecule has 0 saturated carbocycles. The highest BCUT2D eigenvalue weighted by Gasteiger charge is 2.21. The molecular formula is C25H30ClN3O2S. The highest BCUT2D eigenvalue weighted by atomic mass is 35.5. The van der Waals surface area contributed by atoms with Gasteiger partial charge in [0, 0.05) is 17.9 Å². The maximum absolute atomic E-state index is 6.46. The number of rotatable bonds is 6. The summed E-state index contributed by atoms with van der Waals surface area (Å²) in [5, 5.41) is 10.5. The van der Waals surface area contributed by atoms with E-state index in [0.717, 1.165) is 47.4 Å². The lowest BCUT2D eigenvalue weighted by molar-refractivity contribution is 0.0315. The molecule has 0 amide bonds. The lowest BCUT2D eigenvalue weighted by Gasteiger charge is -2.22. The Balaban J connectivity index is 1.71. The van der Waals surface area contributed by atoms with E-state index in [-0.39, 0.29) is 11.5 Å². The maximum Gasteiger partial charge on any atom is 0.196 e. The van der Waals surface area contributed by atoms with E-state index in [9.17, 15) is 0 Å². The van der Waals surface area contributed by atoms with Crippen molar-refractivity contribution in [2.45, 2.75) is 56.7 Å². The van der Waals surface area contributed by atoms with Gasteiger partial charge in [-0.1, -0.05) is 68.4 Å². The minimum atomic E-state index is 0.0940. The number of benzene rings is 2. The van der Waals surface area contributed by atoms with Crippen molar-refractivity contribution in [1.29, 1.82) is 0 Å². The van der Waals surface area contributed by atoms with Gasteiger partial charge in [0.15, 0.2) is 11.0 Å². The summed E-state index contributed by atoms with van der Waals surface area (Å²) in [4.78, 5) is 0. The van der Waals surface area contributed by atoms with Crippen LogP contribution in [0.1, 0.15) is 45.6 Å². The zero-order chi connectivity index (χ0) is 22.7. The minimum Gasteiger partial charge on any atom is -0.495 e. The molecule has 0 bridgehead atoms. The topological polar surface area (TPSA) is 49.2 Å². The van der Waals surface area contributed by atoms with Gasteiger partial charge in [-0.15, -0.1) is 10.2 Å². The minimum absolute atomic E-state index is 0.0940. The van der Waals surface area contributed by atoms with Crippen molar-refractivity contribution in [2.24, 2.45) is 0 Å². The van der Waals surface area contributed by atoms with Crippen LogP contribution in [-0.2, 0) is 10.2 Å². The molecule has 0 unspecified atom stereocenters. The number of thioether (sulfide) groups is 1. The molecule has 0 spiro atoms. The molecule has 1 saturated heterocycles. The molecular weight excluding hydrogens is 442 g/mol. The van der Waals surface area contributed by atoms with Gasteiger partial charge in [-0.25, -0.2) is 0 Å². The van der Waals surface area contributed by atoms with Crippen LogP contribution in [0.3, 0.4) is 0 Å². The lowest BCUT2D eigenvalue weighted by Crippen LogP contribution is -2.21. The van der Waals surface area contributed by atoms with Crippen LogP contribution in [0.4, 0.5) is 0 Å². The van der Waals surface area contributed by atoms with Crippen molar-refractivity contribution in [3.8, 4) is 22.8 Å². The zero-order valence-electron chi connectivity index (χ0n) is 19.1. The molecule has 0 radical (unpaired) electrons. The molecule has 1 fully saturated rings. The fourth-order valence-electron chi connectivity index (χ4n) is 3.80. The van der Waals surface area contributed by atoms with Crippen molar-refractivity contribution in [1.82, 2.24) is 14.8 Å². The Morgan fingerprint density at radius 2 is 1.91 bits per heavy atom. The van der Waals surface area contributed by atoms with Gasteiger partial charge in [-0.05, 0) is 48.4 Å². The lowest BCUT2D eigenvalue weighted by atomic mass is 9.87. The number of hydrogen-bond donors (Lipinski definition) is 0. The molecule has 1 aliphatic heterocycles. The second-order valence-electron chi connectivity index (χ2n) is 9.09. The van der Waals surface area contributed by atoms with E-state index in [2.05, 4.69) is 59.8 Å². The van der Waals surface area contributed by atoms with E-state index < -0.39 is 0 Å². The van der Waals surface area contributed by atoms with E-state index in [1.165, 1.54) is 12.0 Å². The summed E-state index contributed by atoms with van der Waals surface area (Å²) in [5.74, 6) is 2.29. The normalized spacial score (nSPS) is 16.8. The smallest absolute Gasteiger partial charge is 0.196 e. The standard InChI is InChI=1S/C25H30ClN3O2S/c1-25(2,3)18-10-8-17(9-11-18)23-27-28-24(32-16-20-7-5-6-14-31-20)29(23)19-12-13-22(30-4)21(26)15-19/h8-13,15,20H,5-7,14,16H2,1-4H3/t20-/m1/s1. The average molecular weight is 472 g/mol. The van der Waals surface area contributed by atoms with Crippen molar-refractivity contribution >= 4 is 23.4 Å². The summed E-state index contributed by atoms with van der Waals surface area (Å²) >= 11 is 8.14. The van der Waals surface area contributed by atoms with Crippen LogP contribution in [0.25, 0.3) is 17.1 Å². The Hall–Kier alpha value is -2.02. The van der Waals surface area contributed by atoms with Crippen LogP contribution in [0, 0.1) is 0 Å². The molecule has 32 heavy (non-hydrogen) atoms. The van der Waals surface area contributed by atoms with Gasteiger partial charge in [0.2, 0.25) is 0 Å². The van der Waals surface area contributed by atoms with Crippen LogP contribution in [0.2, 0.25) is 5.02 Å². The Bertz CT molecular complexity index is 1050. The fraction of sp³-hybridized carbons (Fsp3) is 0.440. The first-order valence-corrected chi connectivity index (χ1v) is 12.4. The average Bonchev–Trinajstić information content (AvgIpc) is 3.22. The van der Waals surface area contributed by atoms with Gasteiger partial charge < -0.3 is 9.47 Å². The summed E-state index contributed by atoms with van der Waals surface area (Å²) in [6.45, 7) is 7.49. The van der Waals surface area contributed by atoms with Crippen molar-refractivity contribution in [3.05, 3.63) is 53.1 Å². The van der Waals surface area contributed by atoms with E-state index >= 15 is 0 Å². The van der Waals surface area contributed by atoms with E-state index in [1.807, 2.05) is 18.2 Å². The zero-order valence-corrected chi connectivity index (χ0v) is 20.7. The predicted octanol–water partition coefficient (Wildman–Crippen LogP) is 6.56. The summed E-state index contributed by atoms with van der Waals surface area (Å²) in [5.41, 5.74) is 3.29. The van der Waals surface area contributed by atoms with Gasteiger partial charge in [-0.2, -0.15) is 0 Å². The molecule has 1 aliphatic rings. The summed E-state index contributed by atoms with van der Waals surface area (Å²) in [7, 11) is 1.62. The van der Waals surface area contributed by atoms with Crippen molar-refractivity contribution in [2.75, 3.05) is 19.5 Å². The Morgan fingerprint density at radius 3 is 2.53 bits per heavy atom. The molecule has 4 rings (SSSR count). The number of methoxy groups -OCH3 is 1. The first-order valence-electron chi connectivity index (χ1n) is 11.0. The van der Waals surface area contributed by atoms with Gasteiger partial charge >= 0.3 is 0 Å². The Morgan fingerprint density at radius 1 is 1.12 bits per heavy atom. The summed E-state index contributed by atoms with van der Waals surface area (Å²) in [6, 6.07) is 14.3. The SMILES string of the molecule is COc1ccc(-n2c(SC[C@H]3CCCCO3)nnc2-c2ccc(C(C)(C)C)cc2)cc1Cl. The predicted molar refractivity (Wildman–Crippen MR) is 131 cm³/mol. The third-order valence-corrected chi connectivity index (χ3v) is 7.06. The van der Waals surface area contributed by atoms with Crippen molar-refractivity contribution in [3.63, 3.8) is 0 Å². The number of halogens is 1. The molecule has 170 valence electrons. The molecule has 1 atom stereocenters. The Kier molecular flexibility index (Phi) is 7.13. The first kappa shape index (κ1) is 23.1. The second kappa shape index (κ2) is 9.86. The van der Waals surface area contributed by atoms with Gasteiger partial charge in [0.05, 0.1) is 23.9 Å². The number of aromatic nitrogens is 3. The largest absolute Gasteiger partial charge is 0.495 e. The van der Waals surface area contributed by atoms with Gasteiger partial charge in [0.25, 0.3) is 0 Å². The third kappa shape index (κ3) is 5.13. The summed E-state index contributed by atoms with van der Waals surface area (Å²) in [6.07, 6.45) is 3.72. The molecule has 1 aromatic heterocycles. The van der Waals surface area contributed by atoms with E-state index in [0.29, 0.717) is 10.8 Å². The third-order valence-electron chi connectivity index (χ3n) is 5.71. The quantitative estimate of drug-likeness (QED) is 0.381. The molecule has 7 heteroatoms. The van der Waals surface area contributed by atoms with Crippen LogP contribution in [-0.4, -0.2) is 40.3 Å². The van der Waals surface area contributed by atoms with Crippen LogP contribution in [0.15, 0.2) is 47.6 Å². The van der Waals surface area contributed by atoms with E-state index in [1.54, 1.807) is 18.9 Å². The second-order valence-corrected chi connectivity index (χ2v) is 10.5. The number of ether oxygens (including phenoxy) is 2. The van der Waals surface area contributed by atoms with Crippen LogP contribution < -0.4 is 4.74 Å². The van der Waals surface area contributed by atoms with E-state index in [4.69, 9.17) is 21.1 Å². The molecule has 3 aromatic rings. The highest BCUT2D eigenvalue weighted by Crippen LogP contribution is 2.34. The van der Waals surface area contributed by atoms with Crippen LogP contribution >= 0.6 is 23.4 Å². The van der Waals surface area contributed by atoms with Gasteiger partial charge in [-0.3, -0.25) is 4.57 Å². The van der Waals surface area contributed by atoms with Gasteiger partial charge in [0.1, 0.15) is 5.75 Å².